The van der Waals surface area contributed by atoms with Crippen LogP contribution in [0, 0.1) is 0 Å². The first kappa shape index (κ1) is 14.7. The topological polar surface area (TPSA) is 58.6 Å². The molecule has 0 fully saturated rings. The smallest absolute Gasteiger partial charge is 0.401 e. The molecule has 0 aromatic heterocycles. The molecule has 1 N–H and O–H groups in total. The molecule has 0 heterocycles. The minimum atomic E-state index is -4.36. The third kappa shape index (κ3) is 7.04. The predicted octanol–water partition coefficient (Wildman–Crippen LogP) is -0.230. The fourth-order valence-electron chi connectivity index (χ4n) is 0.793. The van der Waals surface area contributed by atoms with Crippen LogP contribution in [0.15, 0.2) is 0 Å². The Morgan fingerprint density at radius 3 is 2.38 bits per heavy atom. The number of ether oxygens (including phenoxy) is 1. The molecule has 0 aliphatic carbocycles. The number of halogens is 3. The van der Waals surface area contributed by atoms with Gasteiger partial charge in [0.1, 0.15) is 6.54 Å². The number of nitrogens with zero attached hydrogens (tertiary/aromatic N) is 1. The van der Waals surface area contributed by atoms with Crippen molar-refractivity contribution < 1.29 is 27.5 Å². The molecule has 94 valence electrons. The van der Waals surface area contributed by atoms with Crippen molar-refractivity contribution in [2.24, 2.45) is 0 Å². The second kappa shape index (κ2) is 6.31. The third-order valence-electron chi connectivity index (χ3n) is 1.62. The lowest BCUT2D eigenvalue weighted by Gasteiger charge is -2.16. The van der Waals surface area contributed by atoms with E-state index in [1.165, 1.54) is 7.05 Å². The van der Waals surface area contributed by atoms with Gasteiger partial charge in [-0.15, -0.1) is 0 Å². The van der Waals surface area contributed by atoms with Gasteiger partial charge in [0.25, 0.3) is 0 Å². The van der Waals surface area contributed by atoms with Crippen LogP contribution in [-0.4, -0.2) is 56.7 Å². The summed E-state index contributed by atoms with van der Waals surface area (Å²) in [7, 11) is 2.46. The number of amides is 1. The van der Waals surface area contributed by atoms with E-state index in [2.05, 4.69) is 4.74 Å². The summed E-state index contributed by atoms with van der Waals surface area (Å²) in [6.45, 7) is -2.01. The van der Waals surface area contributed by atoms with Crippen LogP contribution in [0.1, 0.15) is 0 Å². The SMILES string of the molecule is COC(=O)CN(C)C(=O)CNCC(F)(F)F. The highest BCUT2D eigenvalue weighted by Crippen LogP contribution is 2.11. The second-order valence-corrected chi connectivity index (χ2v) is 3.04. The van der Waals surface area contributed by atoms with Crippen LogP contribution in [0.4, 0.5) is 13.2 Å². The van der Waals surface area contributed by atoms with Crippen molar-refractivity contribution in [2.75, 3.05) is 33.8 Å². The van der Waals surface area contributed by atoms with Crippen LogP contribution in [0.25, 0.3) is 0 Å². The summed E-state index contributed by atoms with van der Waals surface area (Å²) in [6.07, 6.45) is -4.36. The monoisotopic (exact) mass is 242 g/mol. The number of methoxy groups -OCH3 is 1. The molecule has 0 aromatic carbocycles. The van der Waals surface area contributed by atoms with E-state index < -0.39 is 31.1 Å². The molecule has 0 radical (unpaired) electrons. The van der Waals surface area contributed by atoms with Crippen molar-refractivity contribution >= 4 is 11.9 Å². The van der Waals surface area contributed by atoms with Gasteiger partial charge in [0, 0.05) is 7.05 Å². The van der Waals surface area contributed by atoms with Crippen LogP contribution >= 0.6 is 0 Å². The molecule has 0 saturated heterocycles. The average Bonchev–Trinajstić information content (AvgIpc) is 2.15. The van der Waals surface area contributed by atoms with Crippen molar-refractivity contribution in [3.8, 4) is 0 Å². The third-order valence-corrected chi connectivity index (χ3v) is 1.62. The molecule has 0 rings (SSSR count). The molecular formula is C8H13F3N2O3. The molecule has 0 aromatic rings. The fraction of sp³-hybridized carbons (Fsp3) is 0.750. The Bertz CT molecular complexity index is 255. The number of hydrogen-bond donors (Lipinski definition) is 1. The van der Waals surface area contributed by atoms with Gasteiger partial charge in [0.2, 0.25) is 5.91 Å². The van der Waals surface area contributed by atoms with E-state index >= 15 is 0 Å². The molecule has 0 bridgehead atoms. The van der Waals surface area contributed by atoms with Gasteiger partial charge in [-0.2, -0.15) is 13.2 Å². The number of nitrogens with one attached hydrogen (secondary N) is 1. The van der Waals surface area contributed by atoms with E-state index in [0.29, 0.717) is 0 Å². The largest absolute Gasteiger partial charge is 0.468 e. The van der Waals surface area contributed by atoms with Crippen molar-refractivity contribution in [1.82, 2.24) is 10.2 Å². The Labute approximate surface area is 90.5 Å². The van der Waals surface area contributed by atoms with Crippen molar-refractivity contribution in [2.45, 2.75) is 6.18 Å². The van der Waals surface area contributed by atoms with E-state index in [0.717, 1.165) is 12.0 Å². The van der Waals surface area contributed by atoms with Crippen LogP contribution in [0.2, 0.25) is 0 Å². The number of carbonyl (C=O) groups excluding carboxylic acids is 2. The zero-order chi connectivity index (χ0) is 12.8. The van der Waals surface area contributed by atoms with Crippen molar-refractivity contribution in [1.29, 1.82) is 0 Å². The summed E-state index contributed by atoms with van der Waals surface area (Å²) in [4.78, 5) is 22.9. The van der Waals surface area contributed by atoms with Gasteiger partial charge in [-0.3, -0.25) is 9.59 Å². The summed E-state index contributed by atoms with van der Waals surface area (Å²) >= 11 is 0. The first-order valence-corrected chi connectivity index (χ1v) is 4.34. The number of alkyl halides is 3. The summed E-state index contributed by atoms with van der Waals surface area (Å²) in [5.41, 5.74) is 0. The van der Waals surface area contributed by atoms with E-state index in [1.807, 2.05) is 5.32 Å². The first-order chi connectivity index (χ1) is 7.26. The quantitative estimate of drug-likeness (QED) is 0.676. The summed E-state index contributed by atoms with van der Waals surface area (Å²) in [5, 5.41) is 1.93. The standard InChI is InChI=1S/C8H13F3N2O3/c1-13(4-7(15)16-2)6(14)3-12-5-8(9,10)11/h12H,3-5H2,1-2H3. The fourth-order valence-corrected chi connectivity index (χ4v) is 0.793. The highest BCUT2D eigenvalue weighted by atomic mass is 19.4. The maximum atomic E-state index is 11.7. The number of esters is 1. The minimum absolute atomic E-state index is 0.289. The molecule has 8 heteroatoms. The van der Waals surface area contributed by atoms with Gasteiger partial charge in [0.05, 0.1) is 20.2 Å². The van der Waals surface area contributed by atoms with E-state index in [9.17, 15) is 22.8 Å². The van der Waals surface area contributed by atoms with E-state index in [4.69, 9.17) is 0 Å². The highest BCUT2D eigenvalue weighted by molar-refractivity contribution is 5.83. The molecule has 0 unspecified atom stereocenters. The van der Waals surface area contributed by atoms with E-state index in [1.54, 1.807) is 0 Å². The zero-order valence-corrected chi connectivity index (χ0v) is 8.93. The molecule has 0 atom stereocenters. The van der Waals surface area contributed by atoms with Gasteiger partial charge in [-0.05, 0) is 0 Å². The zero-order valence-electron chi connectivity index (χ0n) is 8.93. The van der Waals surface area contributed by atoms with Gasteiger partial charge in [0.15, 0.2) is 0 Å². The Morgan fingerprint density at radius 1 is 1.38 bits per heavy atom. The Morgan fingerprint density at radius 2 is 1.94 bits per heavy atom. The minimum Gasteiger partial charge on any atom is -0.468 e. The molecule has 0 saturated carbocycles. The van der Waals surface area contributed by atoms with Crippen molar-refractivity contribution in [3.63, 3.8) is 0 Å². The Kier molecular flexibility index (Phi) is 5.79. The Hall–Kier alpha value is -1.31. The van der Waals surface area contributed by atoms with Gasteiger partial charge < -0.3 is 15.0 Å². The van der Waals surface area contributed by atoms with Gasteiger partial charge in [-0.25, -0.2) is 0 Å². The number of likely N-dealkylation sites (N-methyl/N-ethyl adjacent to an activating group) is 1. The first-order valence-electron chi connectivity index (χ1n) is 4.34. The van der Waals surface area contributed by atoms with Crippen LogP contribution in [0.3, 0.4) is 0 Å². The van der Waals surface area contributed by atoms with Crippen LogP contribution in [-0.2, 0) is 14.3 Å². The molecule has 0 aliphatic heterocycles. The van der Waals surface area contributed by atoms with Gasteiger partial charge in [-0.1, -0.05) is 0 Å². The number of rotatable bonds is 5. The lowest BCUT2D eigenvalue weighted by molar-refractivity contribution is -0.146. The maximum Gasteiger partial charge on any atom is 0.401 e. The lowest BCUT2D eigenvalue weighted by atomic mass is 10.4. The highest BCUT2D eigenvalue weighted by Gasteiger charge is 2.26. The summed E-state index contributed by atoms with van der Waals surface area (Å²) < 4.78 is 39.4. The number of hydrogen-bond acceptors (Lipinski definition) is 4. The molecule has 5 nitrogen and oxygen atoms in total. The summed E-state index contributed by atoms with van der Waals surface area (Å²) in [5.74, 6) is -1.25. The lowest BCUT2D eigenvalue weighted by Crippen LogP contribution is -2.41. The predicted molar refractivity (Wildman–Crippen MR) is 48.6 cm³/mol. The molecule has 0 spiro atoms. The second-order valence-electron chi connectivity index (χ2n) is 3.04. The molecule has 1 amide bonds. The van der Waals surface area contributed by atoms with Gasteiger partial charge >= 0.3 is 12.1 Å². The maximum absolute atomic E-state index is 11.7. The van der Waals surface area contributed by atoms with Crippen LogP contribution < -0.4 is 5.32 Å². The van der Waals surface area contributed by atoms with Crippen LogP contribution in [0.5, 0.6) is 0 Å². The molecular weight excluding hydrogens is 229 g/mol. The van der Waals surface area contributed by atoms with E-state index in [-0.39, 0.29) is 6.54 Å². The van der Waals surface area contributed by atoms with Crippen molar-refractivity contribution in [3.05, 3.63) is 0 Å². The molecule has 16 heavy (non-hydrogen) atoms. The molecule has 0 aliphatic rings. The summed E-state index contributed by atoms with van der Waals surface area (Å²) in [6, 6.07) is 0. The average molecular weight is 242 g/mol. The Balaban J connectivity index is 3.84. The number of carbonyl (C=O) groups is 2. The normalized spacial score (nSPS) is 11.1.